The molecular weight excluding hydrogens is 443 g/mol. The number of hydrogen-bond acceptors (Lipinski definition) is 2. The number of halogens is 2. The highest BCUT2D eigenvalue weighted by Crippen LogP contribution is 2.11. The minimum atomic E-state index is 0. The van der Waals surface area contributed by atoms with E-state index in [1.165, 1.54) is 5.56 Å². The summed E-state index contributed by atoms with van der Waals surface area (Å²) in [6.45, 7) is 5.99. The molecule has 1 aromatic rings. The van der Waals surface area contributed by atoms with Crippen molar-refractivity contribution in [1.29, 1.82) is 0 Å². The second-order valence-corrected chi connectivity index (χ2v) is 5.77. The smallest absolute Gasteiger partial charge is 0.193 e. The summed E-state index contributed by atoms with van der Waals surface area (Å²) in [7, 11) is 6.00. The number of nitrogens with zero attached hydrogens (tertiary/aromatic N) is 3. The van der Waals surface area contributed by atoms with E-state index in [0.29, 0.717) is 0 Å². The molecule has 0 bridgehead atoms. The van der Waals surface area contributed by atoms with Crippen LogP contribution in [0.15, 0.2) is 33.7 Å². The van der Waals surface area contributed by atoms with Gasteiger partial charge in [0.05, 0.1) is 0 Å². The van der Waals surface area contributed by atoms with Gasteiger partial charge in [0, 0.05) is 38.2 Å². The molecule has 0 saturated heterocycles. The van der Waals surface area contributed by atoms with E-state index in [9.17, 15) is 0 Å². The summed E-state index contributed by atoms with van der Waals surface area (Å²) in [5.74, 6) is 0.928. The highest BCUT2D eigenvalue weighted by Gasteiger charge is 2.06. The molecule has 0 spiro atoms. The third kappa shape index (κ3) is 8.01. The predicted octanol–water partition coefficient (Wildman–Crippen LogP) is 3.03. The van der Waals surface area contributed by atoms with Crippen LogP contribution in [0.25, 0.3) is 0 Å². The van der Waals surface area contributed by atoms with Crippen molar-refractivity contribution in [3.8, 4) is 0 Å². The van der Waals surface area contributed by atoms with Gasteiger partial charge in [-0.2, -0.15) is 0 Å². The first kappa shape index (κ1) is 20.7. The van der Waals surface area contributed by atoms with Crippen LogP contribution >= 0.6 is 39.9 Å². The second-order valence-electron chi connectivity index (χ2n) is 4.85. The maximum Gasteiger partial charge on any atom is 0.193 e. The van der Waals surface area contributed by atoms with E-state index in [2.05, 4.69) is 81.3 Å². The molecule has 0 heterocycles. The fraction of sp³-hybridized carbons (Fsp3) is 0.533. The normalized spacial score (nSPS) is 11.2. The molecule has 1 N–H and O–H groups in total. The number of nitrogens with one attached hydrogen (secondary N) is 1. The van der Waals surface area contributed by atoms with Crippen LogP contribution in [0.2, 0.25) is 0 Å². The van der Waals surface area contributed by atoms with Crippen molar-refractivity contribution < 1.29 is 0 Å². The number of likely N-dealkylation sites (N-methyl/N-ethyl adjacent to an activating group) is 1. The van der Waals surface area contributed by atoms with Crippen molar-refractivity contribution in [1.82, 2.24) is 15.1 Å². The zero-order valence-electron chi connectivity index (χ0n) is 13.3. The third-order valence-electron chi connectivity index (χ3n) is 3.22. The molecule has 0 fully saturated rings. The molecule has 0 atom stereocenters. The van der Waals surface area contributed by atoms with Gasteiger partial charge in [0.2, 0.25) is 0 Å². The van der Waals surface area contributed by atoms with Gasteiger partial charge in [-0.15, -0.1) is 24.0 Å². The molecule has 0 aromatic heterocycles. The molecule has 0 unspecified atom stereocenters. The van der Waals surface area contributed by atoms with Crippen LogP contribution in [0, 0.1) is 0 Å². The number of benzene rings is 1. The number of aliphatic imine (C=N–C) groups is 1. The van der Waals surface area contributed by atoms with Crippen LogP contribution in [0.5, 0.6) is 0 Å². The first-order chi connectivity index (χ1) is 9.56. The number of guanidine groups is 1. The Morgan fingerprint density at radius 1 is 1.24 bits per heavy atom. The lowest BCUT2D eigenvalue weighted by Gasteiger charge is -2.23. The Labute approximate surface area is 154 Å². The lowest BCUT2D eigenvalue weighted by Crippen LogP contribution is -2.41. The first-order valence-electron chi connectivity index (χ1n) is 6.91. The number of hydrogen-bond donors (Lipinski definition) is 1. The fourth-order valence-corrected chi connectivity index (χ4v) is 2.10. The highest BCUT2D eigenvalue weighted by molar-refractivity contribution is 14.0. The van der Waals surface area contributed by atoms with Gasteiger partial charge in [-0.3, -0.25) is 4.99 Å². The van der Waals surface area contributed by atoms with E-state index >= 15 is 0 Å². The molecule has 0 aliphatic heterocycles. The molecule has 0 radical (unpaired) electrons. The summed E-state index contributed by atoms with van der Waals surface area (Å²) in [6.07, 6.45) is 0. The molecule has 120 valence electrons. The van der Waals surface area contributed by atoms with Crippen molar-refractivity contribution in [3.05, 3.63) is 34.3 Å². The van der Waals surface area contributed by atoms with Gasteiger partial charge in [0.25, 0.3) is 0 Å². The van der Waals surface area contributed by atoms with Gasteiger partial charge in [-0.25, -0.2) is 0 Å². The quantitative estimate of drug-likeness (QED) is 0.395. The molecule has 4 nitrogen and oxygen atoms in total. The van der Waals surface area contributed by atoms with Crippen molar-refractivity contribution in [2.45, 2.75) is 13.5 Å². The maximum absolute atomic E-state index is 4.33. The Morgan fingerprint density at radius 3 is 2.38 bits per heavy atom. The molecule has 0 aliphatic rings. The van der Waals surface area contributed by atoms with Crippen molar-refractivity contribution in [2.24, 2.45) is 4.99 Å². The first-order valence-corrected chi connectivity index (χ1v) is 7.71. The highest BCUT2D eigenvalue weighted by atomic mass is 127. The Hall–Kier alpha value is -0.340. The van der Waals surface area contributed by atoms with Gasteiger partial charge in [0.15, 0.2) is 5.96 Å². The van der Waals surface area contributed by atoms with Crippen molar-refractivity contribution >= 4 is 45.9 Å². The van der Waals surface area contributed by atoms with E-state index in [-0.39, 0.29) is 24.0 Å². The summed E-state index contributed by atoms with van der Waals surface area (Å²) in [5, 5.41) is 3.39. The minimum absolute atomic E-state index is 0. The van der Waals surface area contributed by atoms with E-state index in [1.54, 1.807) is 0 Å². The minimum Gasteiger partial charge on any atom is -0.355 e. The molecule has 0 aliphatic carbocycles. The van der Waals surface area contributed by atoms with Crippen LogP contribution in [-0.4, -0.2) is 56.5 Å². The Morgan fingerprint density at radius 2 is 1.86 bits per heavy atom. The molecule has 1 aromatic carbocycles. The third-order valence-corrected chi connectivity index (χ3v) is 3.75. The van der Waals surface area contributed by atoms with Crippen LogP contribution in [-0.2, 0) is 6.54 Å². The van der Waals surface area contributed by atoms with Gasteiger partial charge in [0.1, 0.15) is 0 Å². The monoisotopic (exact) mass is 468 g/mol. The van der Waals surface area contributed by atoms with Gasteiger partial charge < -0.3 is 15.1 Å². The molecule has 0 saturated carbocycles. The zero-order valence-corrected chi connectivity index (χ0v) is 17.2. The number of rotatable bonds is 6. The van der Waals surface area contributed by atoms with Gasteiger partial charge in [-0.1, -0.05) is 35.0 Å². The summed E-state index contributed by atoms with van der Waals surface area (Å²) in [6, 6.07) is 8.38. The Kier molecular flexibility index (Phi) is 11.1. The summed E-state index contributed by atoms with van der Waals surface area (Å²) in [5.41, 5.74) is 1.27. The Bertz CT molecular complexity index is 422. The van der Waals surface area contributed by atoms with Crippen molar-refractivity contribution in [2.75, 3.05) is 40.8 Å². The van der Waals surface area contributed by atoms with Gasteiger partial charge in [-0.05, 0) is 31.3 Å². The Balaban J connectivity index is 0.00000400. The van der Waals surface area contributed by atoms with Gasteiger partial charge >= 0.3 is 0 Å². The molecule has 21 heavy (non-hydrogen) atoms. The summed E-state index contributed by atoms with van der Waals surface area (Å²) in [4.78, 5) is 8.73. The summed E-state index contributed by atoms with van der Waals surface area (Å²) < 4.78 is 1.11. The summed E-state index contributed by atoms with van der Waals surface area (Å²) >= 11 is 3.45. The maximum atomic E-state index is 4.33. The van der Waals surface area contributed by atoms with Crippen LogP contribution in [0.1, 0.15) is 12.5 Å². The van der Waals surface area contributed by atoms with Crippen LogP contribution in [0.3, 0.4) is 0 Å². The SMILES string of the molecule is CCN(C)CCNC(=NC)N(C)Cc1ccc(Br)cc1.I. The molecule has 6 heteroatoms. The second kappa shape index (κ2) is 11.3. The van der Waals surface area contributed by atoms with E-state index in [4.69, 9.17) is 0 Å². The molecule has 1 rings (SSSR count). The standard InChI is InChI=1S/C15H25BrN4.HI/c1-5-19(3)11-10-18-15(17-2)20(4)12-13-6-8-14(16)9-7-13;/h6-9H,5,10-12H2,1-4H3,(H,17,18);1H. The average molecular weight is 469 g/mol. The van der Waals surface area contributed by atoms with E-state index in [0.717, 1.165) is 36.6 Å². The predicted molar refractivity (Wildman–Crippen MR) is 106 cm³/mol. The lowest BCUT2D eigenvalue weighted by atomic mass is 10.2. The van der Waals surface area contributed by atoms with Crippen molar-refractivity contribution in [3.63, 3.8) is 0 Å². The molecule has 0 amide bonds. The average Bonchev–Trinajstić information content (AvgIpc) is 2.45. The zero-order chi connectivity index (χ0) is 15.0. The topological polar surface area (TPSA) is 30.9 Å². The van der Waals surface area contributed by atoms with Crippen LogP contribution < -0.4 is 5.32 Å². The fourth-order valence-electron chi connectivity index (χ4n) is 1.84. The molecular formula is C15H26BrIN4. The lowest BCUT2D eigenvalue weighted by molar-refractivity contribution is 0.353. The van der Waals surface area contributed by atoms with Crippen LogP contribution in [0.4, 0.5) is 0 Å². The largest absolute Gasteiger partial charge is 0.355 e. The van der Waals surface area contributed by atoms with E-state index < -0.39 is 0 Å². The van der Waals surface area contributed by atoms with E-state index in [1.807, 2.05) is 7.05 Å².